The molecule has 1 aliphatic carbocycles. The summed E-state index contributed by atoms with van der Waals surface area (Å²) in [7, 11) is 0. The molecular weight excluding hydrogens is 485 g/mol. The lowest BCUT2D eigenvalue weighted by molar-refractivity contribution is -0.829. The molecule has 5 rings (SSSR count). The van der Waals surface area contributed by atoms with Gasteiger partial charge in [-0.05, 0) is 61.5 Å². The predicted molar refractivity (Wildman–Crippen MR) is 123 cm³/mol. The van der Waals surface area contributed by atoms with Crippen molar-refractivity contribution >= 4 is 56.7 Å². The van der Waals surface area contributed by atoms with E-state index in [0.29, 0.717) is 32.7 Å². The number of rotatable bonds is 4. The average Bonchev–Trinajstić information content (AvgIpc) is 3.28. The number of halogens is 2. The van der Waals surface area contributed by atoms with Gasteiger partial charge in [-0.3, -0.25) is 4.79 Å². The fourth-order valence-electron chi connectivity index (χ4n) is 4.60. The van der Waals surface area contributed by atoms with Gasteiger partial charge in [0.25, 0.3) is 0 Å². The van der Waals surface area contributed by atoms with Crippen LogP contribution < -0.4 is 10.2 Å². The fourth-order valence-corrected chi connectivity index (χ4v) is 5.45. The zero-order valence-electron chi connectivity index (χ0n) is 18.1. The highest BCUT2D eigenvalue weighted by Gasteiger charge is 2.60. The minimum Gasteiger partial charge on any atom is -0.414 e. The van der Waals surface area contributed by atoms with Gasteiger partial charge in [0.2, 0.25) is 0 Å². The zero-order chi connectivity index (χ0) is 22.7. The van der Waals surface area contributed by atoms with E-state index in [4.69, 9.17) is 4.74 Å². The third kappa shape index (κ3) is 3.85. The van der Waals surface area contributed by atoms with Crippen molar-refractivity contribution in [3.8, 4) is 0 Å². The van der Waals surface area contributed by atoms with Crippen molar-refractivity contribution in [1.29, 1.82) is 0 Å². The van der Waals surface area contributed by atoms with Crippen molar-refractivity contribution in [2.24, 2.45) is 5.92 Å². The molecule has 6 nitrogen and oxygen atoms in total. The van der Waals surface area contributed by atoms with Gasteiger partial charge in [-0.25, -0.2) is 14.3 Å². The van der Waals surface area contributed by atoms with E-state index in [9.17, 15) is 9.59 Å². The number of hydrogen-bond acceptors (Lipinski definition) is 6. The van der Waals surface area contributed by atoms with E-state index in [1.807, 2.05) is 33.1 Å². The molecule has 0 radical (unpaired) electrons. The van der Waals surface area contributed by atoms with Gasteiger partial charge < -0.3 is 10.1 Å². The number of ether oxygens (including phenoxy) is 1. The number of hydrogen-bond donors (Lipinski definition) is 2. The van der Waals surface area contributed by atoms with E-state index in [2.05, 4.69) is 26.2 Å². The van der Waals surface area contributed by atoms with Gasteiger partial charge in [0, 0.05) is 17.7 Å². The number of carbonyl (C=O) groups excluding carboxylic acids is 2. The quantitative estimate of drug-likeness (QED) is 0.478. The molecule has 31 heavy (non-hydrogen) atoms. The number of thioether (sulfide) groups is 1. The van der Waals surface area contributed by atoms with Crippen LogP contribution in [0, 0.1) is 18.7 Å². The number of amides is 1. The van der Waals surface area contributed by atoms with Crippen LogP contribution in [-0.4, -0.2) is 47.8 Å². The Morgan fingerprint density at radius 3 is 2.77 bits per heavy atom. The second-order valence-corrected chi connectivity index (χ2v) is 10.8. The number of nitrogens with one attached hydrogen (secondary N) is 2. The molecule has 2 saturated heterocycles. The van der Waals surface area contributed by atoms with Crippen LogP contribution in [-0.2, 0) is 4.74 Å². The molecule has 9 heteroatoms. The summed E-state index contributed by atoms with van der Waals surface area (Å²) >= 11 is 4.60. The molecule has 1 aromatic carbocycles. The molecule has 1 aromatic heterocycles. The molecular formula is C22H26BrFN3O3S+. The summed E-state index contributed by atoms with van der Waals surface area (Å²) in [5, 5.41) is 4.55. The smallest absolute Gasteiger partial charge is 0.414 e. The van der Waals surface area contributed by atoms with Crippen molar-refractivity contribution in [2.75, 3.05) is 18.1 Å². The topological polar surface area (TPSA) is 72.7 Å². The van der Waals surface area contributed by atoms with Crippen LogP contribution in [0.4, 0.5) is 14.9 Å². The lowest BCUT2D eigenvalue weighted by atomic mass is 9.79. The lowest BCUT2D eigenvalue weighted by Gasteiger charge is -2.34. The van der Waals surface area contributed by atoms with Crippen LogP contribution in [0.15, 0.2) is 15.6 Å². The van der Waals surface area contributed by atoms with Gasteiger partial charge in [0.15, 0.2) is 12.1 Å². The van der Waals surface area contributed by atoms with Crippen molar-refractivity contribution in [2.45, 2.75) is 56.8 Å². The molecule has 1 amide bonds. The van der Waals surface area contributed by atoms with Crippen molar-refractivity contribution in [3.63, 3.8) is 0 Å². The minimum absolute atomic E-state index is 0.00791. The maximum absolute atomic E-state index is 15.0. The first-order valence-electron chi connectivity index (χ1n) is 10.2. The third-order valence-electron chi connectivity index (χ3n) is 6.06. The number of aldehydes is 1. The zero-order valence-corrected chi connectivity index (χ0v) is 20.5. The Kier molecular flexibility index (Phi) is 5.81. The Morgan fingerprint density at radius 2 is 2.16 bits per heavy atom. The summed E-state index contributed by atoms with van der Waals surface area (Å²) in [6, 6.07) is 1.91. The molecule has 3 heterocycles. The Morgan fingerprint density at radius 1 is 1.45 bits per heavy atom. The van der Waals surface area contributed by atoms with Gasteiger partial charge in [-0.1, -0.05) is 0 Å². The Labute approximate surface area is 193 Å². The van der Waals surface area contributed by atoms with Gasteiger partial charge in [0.05, 0.1) is 28.3 Å². The van der Waals surface area contributed by atoms with Crippen LogP contribution in [0.25, 0.3) is 10.9 Å². The SMILES string of the molecule is CSc1nc2c(F)c(Br)c(C)cc2c(N[C@H]2[C@@H]3C[C@H]2[NH+](C(=O)OC(C)(C)C)C3)c1C=O. The summed E-state index contributed by atoms with van der Waals surface area (Å²) in [5.74, 6) is -0.155. The van der Waals surface area contributed by atoms with Crippen molar-refractivity contribution < 1.29 is 23.6 Å². The first kappa shape index (κ1) is 22.5. The van der Waals surface area contributed by atoms with Gasteiger partial charge in [-0.2, -0.15) is 4.79 Å². The molecule has 166 valence electrons. The summed E-state index contributed by atoms with van der Waals surface area (Å²) in [5.41, 5.74) is 1.41. The number of aromatic nitrogens is 1. The molecule has 2 aromatic rings. The van der Waals surface area contributed by atoms with E-state index in [1.54, 1.807) is 6.92 Å². The second-order valence-electron chi connectivity index (χ2n) is 9.25. The molecule has 1 saturated carbocycles. The van der Waals surface area contributed by atoms with Crippen molar-refractivity contribution in [1.82, 2.24) is 4.98 Å². The first-order chi connectivity index (χ1) is 14.6. The van der Waals surface area contributed by atoms with E-state index in [-0.39, 0.29) is 29.6 Å². The first-order valence-corrected chi connectivity index (χ1v) is 12.2. The molecule has 3 aliphatic rings. The summed E-state index contributed by atoms with van der Waals surface area (Å²) < 4.78 is 21.0. The monoisotopic (exact) mass is 510 g/mol. The lowest BCUT2D eigenvalue weighted by Crippen LogP contribution is -3.16. The van der Waals surface area contributed by atoms with Crippen LogP contribution in [0.5, 0.6) is 0 Å². The molecule has 3 fully saturated rings. The average molecular weight is 511 g/mol. The summed E-state index contributed by atoms with van der Waals surface area (Å²) in [6.07, 6.45) is 3.26. The van der Waals surface area contributed by atoms with E-state index in [0.717, 1.165) is 23.2 Å². The largest absolute Gasteiger partial charge is 0.515 e. The normalized spacial score (nSPS) is 24.7. The second kappa shape index (κ2) is 8.01. The number of quaternary nitrogens is 1. The number of anilines is 1. The standard InChI is InChI=1S/C22H25BrFN3O3S/c1-10-6-12-18(13(9-28)20(31-5)26-19(12)16(24)15(10)23)25-17-11-7-14(17)27(8-11)21(29)30-22(2,3)4/h6,9,11,14,17H,7-8H2,1-5H3,(H,25,26)/p+1/t11-,14-,17+/m1/s1. The number of nitrogens with zero attached hydrogens (tertiary/aromatic N) is 1. The molecule has 2 aliphatic heterocycles. The van der Waals surface area contributed by atoms with E-state index >= 15 is 4.39 Å². The Bertz CT molecular complexity index is 1090. The minimum atomic E-state index is -0.540. The number of benzene rings is 1. The molecule has 1 unspecified atom stereocenters. The van der Waals surface area contributed by atoms with E-state index in [1.165, 1.54) is 11.8 Å². The third-order valence-corrected chi connectivity index (χ3v) is 7.73. The fraction of sp³-hybridized carbons (Fsp3) is 0.500. The summed E-state index contributed by atoms with van der Waals surface area (Å²) in [4.78, 5) is 29.9. The number of alkyl carbamates (subject to hydrolysis) is 2. The highest BCUT2D eigenvalue weighted by molar-refractivity contribution is 9.10. The maximum Gasteiger partial charge on any atom is 0.515 e. The number of pyridine rings is 1. The van der Waals surface area contributed by atoms with Gasteiger partial charge in [0.1, 0.15) is 22.2 Å². The summed E-state index contributed by atoms with van der Waals surface area (Å²) in [6.45, 7) is 8.07. The Balaban J connectivity index is 1.72. The van der Waals surface area contributed by atoms with E-state index < -0.39 is 11.4 Å². The molecule has 2 bridgehead atoms. The predicted octanol–water partition coefficient (Wildman–Crippen LogP) is 3.98. The number of carbonyl (C=O) groups is 2. The number of fused-ring (bicyclic) bond motifs is 2. The van der Waals surface area contributed by atoms with Gasteiger partial charge in [-0.15, -0.1) is 11.8 Å². The molecule has 0 spiro atoms. The van der Waals surface area contributed by atoms with Gasteiger partial charge >= 0.3 is 6.09 Å². The van der Waals surface area contributed by atoms with Crippen LogP contribution in [0.1, 0.15) is 43.1 Å². The molecule has 2 N–H and O–H groups in total. The Hall–Kier alpha value is -1.71. The van der Waals surface area contributed by atoms with Crippen LogP contribution in [0.2, 0.25) is 0 Å². The highest BCUT2D eigenvalue weighted by atomic mass is 79.9. The van der Waals surface area contributed by atoms with Crippen LogP contribution >= 0.6 is 27.7 Å². The maximum atomic E-state index is 15.0. The highest BCUT2D eigenvalue weighted by Crippen LogP contribution is 2.40. The van der Waals surface area contributed by atoms with Crippen molar-refractivity contribution in [3.05, 3.63) is 27.5 Å². The molecule has 4 atom stereocenters. The van der Waals surface area contributed by atoms with Crippen LogP contribution in [0.3, 0.4) is 0 Å². The number of aryl methyl sites for hydroxylation is 1.